The Morgan fingerprint density at radius 2 is 1.97 bits per heavy atom. The average molecular weight is 542 g/mol. The van der Waals surface area contributed by atoms with Crippen LogP contribution in [0.2, 0.25) is 0 Å². The van der Waals surface area contributed by atoms with Gasteiger partial charge in [0.15, 0.2) is 0 Å². The Hall–Kier alpha value is -4.01. The zero-order valence-corrected chi connectivity index (χ0v) is 22.0. The molecule has 206 valence electrons. The Kier molecular flexibility index (Phi) is 6.36. The Morgan fingerprint density at radius 1 is 1.23 bits per heavy atom. The number of ether oxygens (including phenoxy) is 1. The third-order valence-corrected chi connectivity index (χ3v) is 7.31. The van der Waals surface area contributed by atoms with Crippen LogP contribution in [0.1, 0.15) is 62.8 Å². The Labute approximate surface area is 223 Å². The molecule has 2 aromatic heterocycles. The van der Waals surface area contributed by atoms with E-state index in [2.05, 4.69) is 16.3 Å². The summed E-state index contributed by atoms with van der Waals surface area (Å²) < 4.78 is 47.9. The number of rotatable bonds is 4. The van der Waals surface area contributed by atoms with Crippen LogP contribution in [0.15, 0.2) is 36.5 Å². The first-order chi connectivity index (χ1) is 18.3. The number of alkyl halides is 3. The zero-order chi connectivity index (χ0) is 28.2. The van der Waals surface area contributed by atoms with Gasteiger partial charge in [-0.15, -0.1) is 0 Å². The summed E-state index contributed by atoms with van der Waals surface area (Å²) in [5.74, 6) is 0.252. The van der Waals surface area contributed by atoms with Gasteiger partial charge < -0.3 is 15.4 Å². The molecule has 1 aliphatic heterocycles. The van der Waals surface area contributed by atoms with Crippen molar-refractivity contribution in [1.29, 1.82) is 5.26 Å². The van der Waals surface area contributed by atoms with E-state index in [0.29, 0.717) is 30.0 Å². The summed E-state index contributed by atoms with van der Waals surface area (Å²) in [5, 5.41) is 18.9. The molecule has 3 heterocycles. The minimum atomic E-state index is -4.43. The van der Waals surface area contributed by atoms with Crippen LogP contribution in [0.25, 0.3) is 11.4 Å². The molecule has 1 aliphatic carbocycles. The highest BCUT2D eigenvalue weighted by Crippen LogP contribution is 2.54. The maximum absolute atomic E-state index is 13.1. The molecule has 0 bridgehead atoms. The number of nitriles is 1. The molecule has 2 fully saturated rings. The highest BCUT2D eigenvalue weighted by Gasteiger charge is 2.51. The van der Waals surface area contributed by atoms with Gasteiger partial charge >= 0.3 is 12.3 Å². The number of nitrogens with zero attached hydrogens (tertiary/aromatic N) is 6. The van der Waals surface area contributed by atoms with Gasteiger partial charge in [-0.05, 0) is 69.2 Å². The number of carbonyl (C=O) groups is 1. The first-order valence-corrected chi connectivity index (χ1v) is 12.7. The van der Waals surface area contributed by atoms with Gasteiger partial charge in [-0.1, -0.05) is 12.1 Å². The van der Waals surface area contributed by atoms with Crippen LogP contribution < -0.4 is 5.73 Å². The van der Waals surface area contributed by atoms with Gasteiger partial charge in [0.25, 0.3) is 0 Å². The topological polar surface area (TPSA) is 115 Å². The van der Waals surface area contributed by atoms with Gasteiger partial charge in [-0.2, -0.15) is 28.6 Å². The van der Waals surface area contributed by atoms with Crippen LogP contribution in [-0.2, 0) is 17.5 Å². The summed E-state index contributed by atoms with van der Waals surface area (Å²) in [7, 11) is 0. The maximum Gasteiger partial charge on any atom is 0.416 e. The molecule has 1 amide bonds. The van der Waals surface area contributed by atoms with Crippen LogP contribution in [0, 0.1) is 16.7 Å². The van der Waals surface area contributed by atoms with Crippen LogP contribution in [-0.4, -0.2) is 49.2 Å². The number of aromatic nitrogens is 4. The molecular formula is C27H30F3N7O2. The molecule has 1 saturated carbocycles. The summed E-state index contributed by atoms with van der Waals surface area (Å²) in [6.45, 7) is 6.90. The second-order valence-corrected chi connectivity index (χ2v) is 11.5. The number of halogens is 3. The van der Waals surface area contributed by atoms with E-state index in [-0.39, 0.29) is 35.5 Å². The highest BCUT2D eigenvalue weighted by molar-refractivity contribution is 5.70. The molecular weight excluding hydrogens is 511 g/mol. The van der Waals surface area contributed by atoms with Crippen molar-refractivity contribution in [2.45, 2.75) is 64.4 Å². The molecule has 9 nitrogen and oxygen atoms in total. The fourth-order valence-corrected chi connectivity index (χ4v) is 5.49. The minimum absolute atomic E-state index is 0.0170. The fourth-order valence-electron chi connectivity index (χ4n) is 5.49. The number of likely N-dealkylation sites (tertiary alicyclic amines) is 1. The second kappa shape index (κ2) is 9.32. The van der Waals surface area contributed by atoms with Crippen LogP contribution in [0.5, 0.6) is 0 Å². The smallest absolute Gasteiger partial charge is 0.416 e. The lowest BCUT2D eigenvalue weighted by molar-refractivity contribution is -0.137. The maximum atomic E-state index is 13.1. The fraction of sp³-hybridized carbons (Fsp3) is 0.481. The molecule has 12 heteroatoms. The van der Waals surface area contributed by atoms with Crippen molar-refractivity contribution in [3.05, 3.63) is 53.2 Å². The predicted molar refractivity (Wildman–Crippen MR) is 136 cm³/mol. The number of hydrogen-bond acceptors (Lipinski definition) is 6. The summed E-state index contributed by atoms with van der Waals surface area (Å²) in [6.07, 6.45) is -0.699. The van der Waals surface area contributed by atoms with E-state index in [1.807, 2.05) is 20.8 Å². The monoisotopic (exact) mass is 541 g/mol. The SMILES string of the molecule is CC(C)(C)OC(=O)N1CCC2(CC(n3nc(-c4ccn(Cc5cccc(C(F)(F)F)c5)n4)c(C#N)c3N)C2)C1. The van der Waals surface area contributed by atoms with E-state index in [9.17, 15) is 23.2 Å². The average Bonchev–Trinajstić information content (AvgIpc) is 3.54. The molecule has 2 N–H and O–H groups in total. The van der Waals surface area contributed by atoms with Crippen molar-refractivity contribution in [3.8, 4) is 17.5 Å². The standard InChI is InChI=1S/C27H30F3N7O2/c1-25(2,3)39-24(38)35-10-8-26(16-35)12-19(13-26)37-23(32)20(14-31)22(34-37)21-7-9-36(33-21)15-17-5-4-6-18(11-17)27(28,29)30/h4-7,9,11,19H,8,10,12-13,15-16,32H2,1-3H3. The zero-order valence-electron chi connectivity index (χ0n) is 22.0. The lowest BCUT2D eigenvalue weighted by Gasteiger charge is -2.45. The summed E-state index contributed by atoms with van der Waals surface area (Å²) in [5.41, 5.74) is 6.43. The number of nitrogens with two attached hydrogens (primary N) is 1. The van der Waals surface area contributed by atoms with Gasteiger partial charge in [0.2, 0.25) is 0 Å². The number of benzene rings is 1. The predicted octanol–water partition coefficient (Wildman–Crippen LogP) is 5.23. The van der Waals surface area contributed by atoms with Gasteiger partial charge in [0, 0.05) is 19.3 Å². The van der Waals surface area contributed by atoms with Crippen LogP contribution in [0.3, 0.4) is 0 Å². The Balaban J connectivity index is 1.29. The summed E-state index contributed by atoms with van der Waals surface area (Å²) >= 11 is 0. The van der Waals surface area contributed by atoms with Crippen molar-refractivity contribution < 1.29 is 22.7 Å². The first-order valence-electron chi connectivity index (χ1n) is 12.7. The third-order valence-electron chi connectivity index (χ3n) is 7.31. The number of nitrogen functional groups attached to an aromatic ring is 1. The molecule has 1 spiro atoms. The lowest BCUT2D eigenvalue weighted by atomic mass is 9.65. The number of carbonyl (C=O) groups excluding carboxylic acids is 1. The normalized spacial score (nSPS) is 21.2. The number of hydrogen-bond donors (Lipinski definition) is 1. The molecule has 0 unspecified atom stereocenters. The molecule has 3 aromatic rings. The number of amides is 1. The van der Waals surface area contributed by atoms with Crippen molar-refractivity contribution in [1.82, 2.24) is 24.5 Å². The first kappa shape index (κ1) is 26.6. The second-order valence-electron chi connectivity index (χ2n) is 11.5. The summed E-state index contributed by atoms with van der Waals surface area (Å²) in [4.78, 5) is 14.2. The highest BCUT2D eigenvalue weighted by atomic mass is 19.4. The minimum Gasteiger partial charge on any atom is -0.444 e. The molecule has 1 aromatic carbocycles. The lowest BCUT2D eigenvalue weighted by Crippen LogP contribution is -2.43. The largest absolute Gasteiger partial charge is 0.444 e. The van der Waals surface area contributed by atoms with Gasteiger partial charge in [0.1, 0.15) is 34.4 Å². The van der Waals surface area contributed by atoms with Crippen LogP contribution in [0.4, 0.5) is 23.8 Å². The van der Waals surface area contributed by atoms with Gasteiger partial charge in [-0.3, -0.25) is 4.68 Å². The number of anilines is 1. The van der Waals surface area contributed by atoms with E-state index < -0.39 is 17.3 Å². The third kappa shape index (κ3) is 5.30. The van der Waals surface area contributed by atoms with Crippen molar-refractivity contribution >= 4 is 11.9 Å². The molecule has 39 heavy (non-hydrogen) atoms. The summed E-state index contributed by atoms with van der Waals surface area (Å²) in [6, 6.07) is 8.85. The molecule has 0 radical (unpaired) electrons. The van der Waals surface area contributed by atoms with Crippen molar-refractivity contribution in [2.75, 3.05) is 18.8 Å². The molecule has 2 aliphatic rings. The quantitative estimate of drug-likeness (QED) is 0.484. The van der Waals surface area contributed by atoms with Crippen molar-refractivity contribution in [3.63, 3.8) is 0 Å². The van der Waals surface area contributed by atoms with E-state index in [0.717, 1.165) is 31.4 Å². The Morgan fingerprint density at radius 3 is 2.64 bits per heavy atom. The van der Waals surface area contributed by atoms with Crippen LogP contribution >= 0.6 is 0 Å². The van der Waals surface area contributed by atoms with Gasteiger partial charge in [0.05, 0.1) is 18.2 Å². The van der Waals surface area contributed by atoms with E-state index >= 15 is 0 Å². The molecule has 5 rings (SSSR count). The van der Waals surface area contributed by atoms with E-state index in [4.69, 9.17) is 10.5 Å². The van der Waals surface area contributed by atoms with E-state index in [1.165, 1.54) is 10.7 Å². The van der Waals surface area contributed by atoms with Gasteiger partial charge in [-0.25, -0.2) is 9.48 Å². The molecule has 1 saturated heterocycles. The Bertz CT molecular complexity index is 1440. The van der Waals surface area contributed by atoms with E-state index in [1.54, 1.807) is 27.9 Å². The molecule has 0 atom stereocenters. The van der Waals surface area contributed by atoms with Crippen molar-refractivity contribution in [2.24, 2.45) is 5.41 Å².